The molecule has 1 aliphatic carbocycles. The molecular weight excluding hydrogens is 382 g/mol. The number of piperidine rings is 1. The maximum absolute atomic E-state index is 12.8. The lowest BCUT2D eigenvalue weighted by Crippen LogP contribution is -2.42. The van der Waals surface area contributed by atoms with Gasteiger partial charge >= 0.3 is 0 Å². The number of anilines is 2. The van der Waals surface area contributed by atoms with Crippen molar-refractivity contribution < 1.29 is 4.79 Å². The summed E-state index contributed by atoms with van der Waals surface area (Å²) in [6, 6.07) is 2.04. The minimum atomic E-state index is 0.285. The molecule has 1 saturated heterocycles. The summed E-state index contributed by atoms with van der Waals surface area (Å²) in [5.74, 6) is 2.86. The summed E-state index contributed by atoms with van der Waals surface area (Å²) in [5, 5.41) is 4.17. The molecule has 2 aromatic rings. The third-order valence-electron chi connectivity index (χ3n) is 6.13. The lowest BCUT2D eigenvalue weighted by Gasteiger charge is -2.35. The molecule has 0 bridgehead atoms. The van der Waals surface area contributed by atoms with Crippen LogP contribution in [-0.4, -0.2) is 38.8 Å². The number of likely N-dealkylation sites (tertiary alicyclic amines) is 1. The number of carbonyl (C=O) groups is 1. The number of carbonyl (C=O) groups excluding carboxylic acids is 1. The van der Waals surface area contributed by atoms with Crippen molar-refractivity contribution in [3.63, 3.8) is 0 Å². The summed E-state index contributed by atoms with van der Waals surface area (Å²) in [7, 11) is 0. The number of nitrogens with zero attached hydrogens (tertiary/aromatic N) is 4. The molecule has 3 heterocycles. The Morgan fingerprint density at radius 2 is 1.90 bits per heavy atom. The average Bonchev–Trinajstić information content (AvgIpc) is 3.13. The van der Waals surface area contributed by atoms with Crippen molar-refractivity contribution in [2.75, 3.05) is 18.4 Å². The molecule has 2 aliphatic rings. The highest BCUT2D eigenvalue weighted by Gasteiger charge is 2.29. The van der Waals surface area contributed by atoms with Gasteiger partial charge < -0.3 is 10.2 Å². The fourth-order valence-electron chi connectivity index (χ4n) is 4.58. The van der Waals surface area contributed by atoms with Crippen molar-refractivity contribution in [1.29, 1.82) is 0 Å². The van der Waals surface area contributed by atoms with Crippen molar-refractivity contribution in [3.8, 4) is 0 Å². The number of aromatic nitrogens is 3. The van der Waals surface area contributed by atoms with Crippen LogP contribution in [0.3, 0.4) is 0 Å². The summed E-state index contributed by atoms with van der Waals surface area (Å²) in [6.45, 7) is 5.78. The molecule has 29 heavy (non-hydrogen) atoms. The van der Waals surface area contributed by atoms with E-state index in [0.29, 0.717) is 11.8 Å². The van der Waals surface area contributed by atoms with Crippen molar-refractivity contribution in [1.82, 2.24) is 19.9 Å². The molecule has 156 valence electrons. The zero-order chi connectivity index (χ0) is 20.2. The van der Waals surface area contributed by atoms with Crippen LogP contribution >= 0.6 is 11.3 Å². The van der Waals surface area contributed by atoms with Crippen LogP contribution in [0.1, 0.15) is 61.3 Å². The Labute approximate surface area is 177 Å². The number of amides is 1. The van der Waals surface area contributed by atoms with E-state index in [0.717, 1.165) is 67.7 Å². The summed E-state index contributed by atoms with van der Waals surface area (Å²) < 4.78 is 0. The van der Waals surface area contributed by atoms with Gasteiger partial charge in [0.25, 0.3) is 0 Å². The van der Waals surface area contributed by atoms with Crippen LogP contribution in [0.15, 0.2) is 12.3 Å². The summed E-state index contributed by atoms with van der Waals surface area (Å²) >= 11 is 1.62. The van der Waals surface area contributed by atoms with Gasteiger partial charge in [-0.2, -0.15) is 0 Å². The Hall–Kier alpha value is -2.02. The normalized spacial score (nSPS) is 18.8. The largest absolute Gasteiger partial charge is 0.342 e. The van der Waals surface area contributed by atoms with E-state index in [-0.39, 0.29) is 5.92 Å². The second-order valence-corrected chi connectivity index (χ2v) is 9.74. The molecule has 0 radical (unpaired) electrons. The van der Waals surface area contributed by atoms with Crippen LogP contribution in [-0.2, 0) is 11.2 Å². The highest BCUT2D eigenvalue weighted by molar-refractivity contribution is 7.15. The predicted molar refractivity (Wildman–Crippen MR) is 116 cm³/mol. The molecule has 1 saturated carbocycles. The molecule has 1 aliphatic heterocycles. The standard InChI is InChI=1S/C22H31N5OS/c1-15-14-23-22(29-15)26-20-13-19(24-16(2)25-20)12-17-8-10-27(11-9-17)21(28)18-6-4-3-5-7-18/h13-14,17-18H,3-12H2,1-2H3,(H,23,24,25,26). The second kappa shape index (κ2) is 9.20. The van der Waals surface area contributed by atoms with Crippen LogP contribution in [0.2, 0.25) is 0 Å². The number of hydrogen-bond donors (Lipinski definition) is 1. The van der Waals surface area contributed by atoms with Gasteiger partial charge in [-0.15, -0.1) is 11.3 Å². The monoisotopic (exact) mass is 413 g/mol. The SMILES string of the molecule is Cc1nc(CC2CCN(C(=O)C3CCCCC3)CC2)cc(Nc2ncc(C)s2)n1. The Morgan fingerprint density at radius 1 is 1.14 bits per heavy atom. The van der Waals surface area contributed by atoms with E-state index in [1.165, 1.54) is 24.1 Å². The lowest BCUT2D eigenvalue weighted by atomic mass is 9.86. The molecule has 4 rings (SSSR count). The minimum absolute atomic E-state index is 0.285. The molecule has 1 N–H and O–H groups in total. The van der Waals surface area contributed by atoms with E-state index in [1.54, 1.807) is 11.3 Å². The maximum atomic E-state index is 12.8. The minimum Gasteiger partial charge on any atom is -0.342 e. The number of thiazole rings is 1. The van der Waals surface area contributed by atoms with Gasteiger partial charge in [-0.3, -0.25) is 4.79 Å². The van der Waals surface area contributed by atoms with Gasteiger partial charge in [0.05, 0.1) is 0 Å². The van der Waals surface area contributed by atoms with Crippen molar-refractivity contribution in [3.05, 3.63) is 28.7 Å². The van der Waals surface area contributed by atoms with Crippen molar-refractivity contribution >= 4 is 28.2 Å². The molecule has 1 amide bonds. The highest BCUT2D eigenvalue weighted by Crippen LogP contribution is 2.29. The summed E-state index contributed by atoms with van der Waals surface area (Å²) in [5.41, 5.74) is 1.07. The smallest absolute Gasteiger partial charge is 0.225 e. The first-order chi connectivity index (χ1) is 14.1. The van der Waals surface area contributed by atoms with E-state index in [2.05, 4.69) is 25.2 Å². The molecule has 7 heteroatoms. The molecule has 2 fully saturated rings. The summed E-state index contributed by atoms with van der Waals surface area (Å²) in [4.78, 5) is 29.6. The van der Waals surface area contributed by atoms with E-state index in [9.17, 15) is 4.79 Å². The molecule has 0 aromatic carbocycles. The second-order valence-electron chi connectivity index (χ2n) is 8.50. The number of aryl methyl sites for hydroxylation is 2. The molecule has 0 spiro atoms. The Kier molecular flexibility index (Phi) is 6.43. The van der Waals surface area contributed by atoms with Gasteiger partial charge in [0.15, 0.2) is 5.13 Å². The first-order valence-corrected chi connectivity index (χ1v) is 11.7. The number of rotatable bonds is 5. The fraction of sp³-hybridized carbons (Fsp3) is 0.636. The number of nitrogens with one attached hydrogen (secondary N) is 1. The van der Waals surface area contributed by atoms with Gasteiger partial charge in [0.1, 0.15) is 11.6 Å². The van der Waals surface area contributed by atoms with Crippen LogP contribution in [0.25, 0.3) is 0 Å². The Morgan fingerprint density at radius 3 is 2.59 bits per heavy atom. The highest BCUT2D eigenvalue weighted by atomic mass is 32.1. The van der Waals surface area contributed by atoms with Gasteiger partial charge in [0.2, 0.25) is 5.91 Å². The fourth-order valence-corrected chi connectivity index (χ4v) is 5.25. The van der Waals surface area contributed by atoms with Crippen molar-refractivity contribution in [2.45, 2.75) is 65.2 Å². The Bertz CT molecular complexity index is 837. The topological polar surface area (TPSA) is 71.0 Å². The molecular formula is C22H31N5OS. The van der Waals surface area contributed by atoms with E-state index in [1.807, 2.05) is 26.1 Å². The van der Waals surface area contributed by atoms with E-state index >= 15 is 0 Å². The zero-order valence-corrected chi connectivity index (χ0v) is 18.3. The summed E-state index contributed by atoms with van der Waals surface area (Å²) in [6.07, 6.45) is 10.9. The van der Waals surface area contributed by atoms with Crippen LogP contribution in [0, 0.1) is 25.7 Å². The third kappa shape index (κ3) is 5.32. The van der Waals surface area contributed by atoms with Gasteiger partial charge in [-0.05, 0) is 51.9 Å². The van der Waals surface area contributed by atoms with E-state index < -0.39 is 0 Å². The molecule has 6 nitrogen and oxygen atoms in total. The van der Waals surface area contributed by atoms with E-state index in [4.69, 9.17) is 0 Å². The average molecular weight is 414 g/mol. The predicted octanol–water partition coefficient (Wildman–Crippen LogP) is 4.65. The van der Waals surface area contributed by atoms with Gasteiger partial charge in [0, 0.05) is 41.8 Å². The van der Waals surface area contributed by atoms with Crippen molar-refractivity contribution in [2.24, 2.45) is 11.8 Å². The molecule has 2 aromatic heterocycles. The zero-order valence-electron chi connectivity index (χ0n) is 17.5. The Balaban J connectivity index is 1.32. The molecule has 0 atom stereocenters. The maximum Gasteiger partial charge on any atom is 0.225 e. The quantitative estimate of drug-likeness (QED) is 0.772. The first kappa shape index (κ1) is 20.3. The van der Waals surface area contributed by atoms with Gasteiger partial charge in [-0.25, -0.2) is 15.0 Å². The third-order valence-corrected chi connectivity index (χ3v) is 6.95. The van der Waals surface area contributed by atoms with Crippen LogP contribution in [0.4, 0.5) is 10.9 Å². The van der Waals surface area contributed by atoms with Crippen LogP contribution in [0.5, 0.6) is 0 Å². The van der Waals surface area contributed by atoms with Crippen LogP contribution < -0.4 is 5.32 Å². The first-order valence-electron chi connectivity index (χ1n) is 10.9. The number of hydrogen-bond acceptors (Lipinski definition) is 6. The lowest BCUT2D eigenvalue weighted by molar-refractivity contribution is -0.138. The van der Waals surface area contributed by atoms with Gasteiger partial charge in [-0.1, -0.05) is 19.3 Å². The molecule has 0 unspecified atom stereocenters.